The minimum atomic E-state index is -1.78. The first-order valence-electron chi connectivity index (χ1n) is 5.13. The number of imide groups is 1. The summed E-state index contributed by atoms with van der Waals surface area (Å²) in [6.07, 6.45) is 0. The minimum absolute atomic E-state index is 0.595. The third kappa shape index (κ3) is 1.10. The Morgan fingerprint density at radius 3 is 2.06 bits per heavy atom. The molecule has 0 bridgehead atoms. The smallest absolute Gasteiger partial charge is 0.327 e. The van der Waals surface area contributed by atoms with Crippen LogP contribution in [0.3, 0.4) is 0 Å². The molecule has 18 heavy (non-hydrogen) atoms. The van der Waals surface area contributed by atoms with Gasteiger partial charge in [0.2, 0.25) is 0 Å². The molecule has 5 amide bonds. The molecule has 0 radical (unpaired) electrons. The fourth-order valence-corrected chi connectivity index (χ4v) is 2.27. The highest BCUT2D eigenvalue weighted by Gasteiger charge is 2.73. The standard InChI is InChI=1S/C9H14N4O5/c1-12-5(14)8(17-3)9(18-4,10-6(12)15)11-7(16)13(8)2/h1-4H3,(H,10,15)(H,11,16)/t8-,9-/m0/s1. The van der Waals surface area contributed by atoms with E-state index in [0.717, 1.165) is 9.80 Å². The number of carbonyl (C=O) groups excluding carboxylic acids is 3. The van der Waals surface area contributed by atoms with Crippen molar-refractivity contribution in [2.75, 3.05) is 28.3 Å². The molecule has 9 nitrogen and oxygen atoms in total. The predicted molar refractivity (Wildman–Crippen MR) is 57.1 cm³/mol. The highest BCUT2D eigenvalue weighted by molar-refractivity contribution is 6.06. The monoisotopic (exact) mass is 258 g/mol. The second-order valence-corrected chi connectivity index (χ2v) is 4.02. The Bertz CT molecular complexity index is 441. The number of nitrogens with one attached hydrogen (secondary N) is 2. The molecule has 2 fully saturated rings. The highest BCUT2D eigenvalue weighted by atomic mass is 16.6. The van der Waals surface area contributed by atoms with Gasteiger partial charge in [0.05, 0.1) is 0 Å². The number of rotatable bonds is 2. The summed E-state index contributed by atoms with van der Waals surface area (Å²) >= 11 is 0. The van der Waals surface area contributed by atoms with Gasteiger partial charge in [-0.1, -0.05) is 0 Å². The Balaban J connectivity index is 2.64. The molecular weight excluding hydrogens is 244 g/mol. The van der Waals surface area contributed by atoms with Crippen molar-refractivity contribution in [1.29, 1.82) is 0 Å². The summed E-state index contributed by atoms with van der Waals surface area (Å²) in [5.74, 6) is -2.44. The number of hydrogen-bond donors (Lipinski definition) is 2. The van der Waals surface area contributed by atoms with Crippen molar-refractivity contribution in [1.82, 2.24) is 20.4 Å². The second kappa shape index (κ2) is 3.56. The van der Waals surface area contributed by atoms with Crippen LogP contribution >= 0.6 is 0 Å². The van der Waals surface area contributed by atoms with Crippen LogP contribution in [0.5, 0.6) is 0 Å². The first kappa shape index (κ1) is 12.6. The van der Waals surface area contributed by atoms with Crippen molar-refractivity contribution >= 4 is 18.0 Å². The van der Waals surface area contributed by atoms with Gasteiger partial charge >= 0.3 is 12.1 Å². The molecule has 100 valence electrons. The van der Waals surface area contributed by atoms with Crippen molar-refractivity contribution < 1.29 is 23.9 Å². The quantitative estimate of drug-likeness (QED) is 0.625. The third-order valence-electron chi connectivity index (χ3n) is 3.32. The van der Waals surface area contributed by atoms with Gasteiger partial charge in [0.1, 0.15) is 0 Å². The van der Waals surface area contributed by atoms with Crippen molar-refractivity contribution in [2.24, 2.45) is 0 Å². The van der Waals surface area contributed by atoms with Gasteiger partial charge in [-0.3, -0.25) is 25.2 Å². The average molecular weight is 258 g/mol. The lowest BCUT2D eigenvalue weighted by Crippen LogP contribution is -2.81. The Kier molecular flexibility index (Phi) is 2.49. The fourth-order valence-electron chi connectivity index (χ4n) is 2.27. The Labute approximate surface area is 103 Å². The lowest BCUT2D eigenvalue weighted by atomic mass is 10.0. The molecule has 0 aromatic heterocycles. The fraction of sp³-hybridized carbons (Fsp3) is 0.667. The number of methoxy groups -OCH3 is 2. The summed E-state index contributed by atoms with van der Waals surface area (Å²) in [6.45, 7) is 0. The summed E-state index contributed by atoms with van der Waals surface area (Å²) in [5, 5.41) is 4.82. The first-order valence-corrected chi connectivity index (χ1v) is 5.13. The summed E-state index contributed by atoms with van der Waals surface area (Å²) in [7, 11) is 5.18. The first-order chi connectivity index (χ1) is 8.36. The van der Waals surface area contributed by atoms with Gasteiger partial charge in [-0.15, -0.1) is 0 Å². The van der Waals surface area contributed by atoms with Crippen molar-refractivity contribution in [3.63, 3.8) is 0 Å². The molecule has 0 aliphatic carbocycles. The van der Waals surface area contributed by atoms with Gasteiger partial charge in [0.15, 0.2) is 0 Å². The summed E-state index contributed by atoms with van der Waals surface area (Å²) < 4.78 is 10.4. The van der Waals surface area contributed by atoms with Gasteiger partial charge in [0.25, 0.3) is 17.5 Å². The normalized spacial score (nSPS) is 35.4. The minimum Gasteiger partial charge on any atom is -0.345 e. The number of nitrogens with zero attached hydrogens (tertiary/aromatic N) is 2. The molecule has 2 N–H and O–H groups in total. The van der Waals surface area contributed by atoms with Crippen LogP contribution in [-0.4, -0.2) is 67.7 Å². The molecule has 0 saturated carbocycles. The SMILES string of the molecule is CO[C@]12NC(=O)N(C)C(=O)[C@@]1(OC)N(C)C(=O)N2. The number of fused-ring (bicyclic) bond motifs is 1. The van der Waals surface area contributed by atoms with Crippen LogP contribution in [0.2, 0.25) is 0 Å². The van der Waals surface area contributed by atoms with Crippen LogP contribution in [0.15, 0.2) is 0 Å². The lowest BCUT2D eigenvalue weighted by molar-refractivity contribution is -0.238. The Hall–Kier alpha value is -1.87. The molecule has 2 rings (SSSR count). The molecule has 2 aliphatic rings. The maximum Gasteiger partial charge on any atom is 0.327 e. The molecule has 0 aromatic rings. The van der Waals surface area contributed by atoms with Crippen LogP contribution in [0.4, 0.5) is 9.59 Å². The van der Waals surface area contributed by atoms with Gasteiger partial charge < -0.3 is 9.47 Å². The van der Waals surface area contributed by atoms with Gasteiger partial charge in [-0.2, -0.15) is 0 Å². The molecule has 9 heteroatoms. The molecule has 2 saturated heterocycles. The zero-order chi connectivity index (χ0) is 13.7. The number of amides is 5. The number of urea groups is 2. The maximum absolute atomic E-state index is 12.3. The molecule has 2 atom stereocenters. The van der Waals surface area contributed by atoms with Crippen LogP contribution in [-0.2, 0) is 14.3 Å². The van der Waals surface area contributed by atoms with Crippen molar-refractivity contribution in [3.05, 3.63) is 0 Å². The van der Waals surface area contributed by atoms with Crippen LogP contribution in [0.25, 0.3) is 0 Å². The molecule has 0 unspecified atom stereocenters. The molecule has 2 aliphatic heterocycles. The van der Waals surface area contributed by atoms with Gasteiger partial charge in [-0.05, 0) is 0 Å². The third-order valence-corrected chi connectivity index (χ3v) is 3.32. The Morgan fingerprint density at radius 2 is 1.56 bits per heavy atom. The predicted octanol–water partition coefficient (Wildman–Crippen LogP) is -1.53. The van der Waals surface area contributed by atoms with Crippen LogP contribution in [0.1, 0.15) is 0 Å². The number of carbonyl (C=O) groups is 3. The molecule has 0 spiro atoms. The van der Waals surface area contributed by atoms with E-state index < -0.39 is 29.5 Å². The summed E-state index contributed by atoms with van der Waals surface area (Å²) in [4.78, 5) is 37.6. The largest absolute Gasteiger partial charge is 0.345 e. The van der Waals surface area contributed by atoms with E-state index in [2.05, 4.69) is 10.6 Å². The zero-order valence-electron chi connectivity index (χ0n) is 10.4. The second-order valence-electron chi connectivity index (χ2n) is 4.02. The zero-order valence-corrected chi connectivity index (χ0v) is 10.4. The topological polar surface area (TPSA) is 100 Å². The summed E-state index contributed by atoms with van der Waals surface area (Å²) in [6, 6.07) is -1.28. The number of ether oxygens (including phenoxy) is 2. The number of likely N-dealkylation sites (N-methyl/N-ethyl adjacent to an activating group) is 2. The molecule has 0 aromatic carbocycles. The maximum atomic E-state index is 12.3. The van der Waals surface area contributed by atoms with Crippen LogP contribution < -0.4 is 10.6 Å². The van der Waals surface area contributed by atoms with E-state index in [-0.39, 0.29) is 0 Å². The Morgan fingerprint density at radius 1 is 1.00 bits per heavy atom. The average Bonchev–Trinajstić information content (AvgIpc) is 2.57. The molecule has 2 heterocycles. The lowest BCUT2D eigenvalue weighted by Gasteiger charge is -2.47. The van der Waals surface area contributed by atoms with E-state index in [1.807, 2.05) is 0 Å². The van der Waals surface area contributed by atoms with Crippen LogP contribution in [0, 0.1) is 0 Å². The van der Waals surface area contributed by atoms with E-state index in [1.54, 1.807) is 0 Å². The molecular formula is C9H14N4O5. The number of hydrogen-bond acceptors (Lipinski definition) is 5. The van der Waals surface area contributed by atoms with Crippen molar-refractivity contribution in [3.8, 4) is 0 Å². The van der Waals surface area contributed by atoms with E-state index >= 15 is 0 Å². The van der Waals surface area contributed by atoms with Gasteiger partial charge in [0, 0.05) is 28.3 Å². The van der Waals surface area contributed by atoms with E-state index in [1.165, 1.54) is 28.3 Å². The van der Waals surface area contributed by atoms with E-state index in [0.29, 0.717) is 0 Å². The van der Waals surface area contributed by atoms with Crippen molar-refractivity contribution in [2.45, 2.75) is 11.6 Å². The van der Waals surface area contributed by atoms with Gasteiger partial charge in [-0.25, -0.2) is 9.59 Å². The summed E-state index contributed by atoms with van der Waals surface area (Å²) in [5.41, 5.74) is -1.78. The highest BCUT2D eigenvalue weighted by Crippen LogP contribution is 2.37. The van der Waals surface area contributed by atoms with E-state index in [9.17, 15) is 14.4 Å². The van der Waals surface area contributed by atoms with E-state index in [4.69, 9.17) is 9.47 Å².